The summed E-state index contributed by atoms with van der Waals surface area (Å²) in [5.74, 6) is -0.269. The van der Waals surface area contributed by atoms with Crippen molar-refractivity contribution in [1.29, 1.82) is 0 Å². The molecule has 8 heteroatoms. The van der Waals surface area contributed by atoms with Gasteiger partial charge in [-0.15, -0.1) is 0 Å². The molecule has 2 heterocycles. The Bertz CT molecular complexity index is 1200. The number of carbonyl (C=O) groups excluding carboxylic acids is 1. The fraction of sp³-hybridized carbons (Fsp3) is 0.304. The zero-order valence-corrected chi connectivity index (χ0v) is 17.5. The SMILES string of the molecule is CC[NH+](CC)CCN1C(=O)c2oc3ccccc3c(=O)c2[C@H]1c1ccc([N+](=O)[O-])cc1. The van der Waals surface area contributed by atoms with E-state index < -0.39 is 11.0 Å². The molecule has 160 valence electrons. The molecule has 31 heavy (non-hydrogen) atoms. The van der Waals surface area contributed by atoms with Crippen molar-refractivity contribution in [2.24, 2.45) is 0 Å². The number of nitro groups is 1. The Labute approximate surface area is 178 Å². The predicted molar refractivity (Wildman–Crippen MR) is 115 cm³/mol. The van der Waals surface area contributed by atoms with Crippen LogP contribution in [0.4, 0.5) is 5.69 Å². The predicted octanol–water partition coefficient (Wildman–Crippen LogP) is 2.17. The number of quaternary nitrogens is 1. The molecule has 8 nitrogen and oxygen atoms in total. The summed E-state index contributed by atoms with van der Waals surface area (Å²) in [5, 5.41) is 11.5. The molecule has 4 rings (SSSR count). The highest BCUT2D eigenvalue weighted by Crippen LogP contribution is 2.38. The first-order valence-electron chi connectivity index (χ1n) is 10.4. The minimum atomic E-state index is -0.640. The smallest absolute Gasteiger partial charge is 0.291 e. The molecule has 1 N–H and O–H groups in total. The van der Waals surface area contributed by atoms with Crippen molar-refractivity contribution in [3.63, 3.8) is 0 Å². The molecule has 2 aromatic carbocycles. The third-order valence-electron chi connectivity index (χ3n) is 6.00. The second kappa shape index (κ2) is 8.31. The van der Waals surface area contributed by atoms with Crippen LogP contribution < -0.4 is 10.3 Å². The number of nitrogens with zero attached hydrogens (tertiary/aromatic N) is 2. The summed E-state index contributed by atoms with van der Waals surface area (Å²) in [4.78, 5) is 40.3. The fourth-order valence-electron chi connectivity index (χ4n) is 4.20. The Kier molecular flexibility index (Phi) is 5.56. The zero-order chi connectivity index (χ0) is 22.1. The number of non-ortho nitro benzene ring substituents is 1. The first-order chi connectivity index (χ1) is 15.0. The van der Waals surface area contributed by atoms with Crippen LogP contribution in [0.25, 0.3) is 11.0 Å². The molecule has 3 aromatic rings. The third kappa shape index (κ3) is 3.59. The maximum absolute atomic E-state index is 13.4. The summed E-state index contributed by atoms with van der Waals surface area (Å²) >= 11 is 0. The van der Waals surface area contributed by atoms with E-state index in [1.165, 1.54) is 17.0 Å². The number of likely N-dealkylation sites (N-methyl/N-ethyl adjacent to an activating group) is 1. The van der Waals surface area contributed by atoms with Gasteiger partial charge in [-0.2, -0.15) is 0 Å². The van der Waals surface area contributed by atoms with Gasteiger partial charge in [-0.1, -0.05) is 12.1 Å². The number of carbonyl (C=O) groups is 1. The molecule has 1 atom stereocenters. The van der Waals surface area contributed by atoms with Crippen molar-refractivity contribution < 1.29 is 19.0 Å². The van der Waals surface area contributed by atoms with Crippen molar-refractivity contribution in [3.8, 4) is 0 Å². The summed E-state index contributed by atoms with van der Waals surface area (Å²) in [5.41, 5.74) is 1.03. The van der Waals surface area contributed by atoms with Gasteiger partial charge in [-0.05, 0) is 43.7 Å². The molecule has 1 amide bonds. The van der Waals surface area contributed by atoms with E-state index in [2.05, 4.69) is 13.8 Å². The van der Waals surface area contributed by atoms with E-state index in [0.717, 1.165) is 19.6 Å². The Hall–Kier alpha value is -3.52. The topological polar surface area (TPSA) is 98.1 Å². The van der Waals surface area contributed by atoms with Crippen molar-refractivity contribution in [1.82, 2.24) is 4.90 Å². The van der Waals surface area contributed by atoms with Gasteiger partial charge in [0.25, 0.3) is 11.6 Å². The highest BCUT2D eigenvalue weighted by molar-refractivity contribution is 5.99. The first kappa shape index (κ1) is 20.7. The summed E-state index contributed by atoms with van der Waals surface area (Å²) in [6.45, 7) is 7.20. The monoisotopic (exact) mass is 422 g/mol. The summed E-state index contributed by atoms with van der Waals surface area (Å²) in [7, 11) is 0. The standard InChI is InChI=1S/C23H23N3O5/c1-3-24(4-2)13-14-25-20(15-9-11-16(12-10-15)26(29)30)19-21(27)17-7-5-6-8-18(17)31-22(19)23(25)28/h5-12,20H,3-4,13-14H2,1-2H3/p+1/t20-/m1/s1. The van der Waals surface area contributed by atoms with Gasteiger partial charge >= 0.3 is 0 Å². The quantitative estimate of drug-likeness (QED) is 0.465. The Morgan fingerprint density at radius 3 is 2.39 bits per heavy atom. The van der Waals surface area contributed by atoms with E-state index in [4.69, 9.17) is 4.42 Å². The number of fused-ring (bicyclic) bond motifs is 2. The van der Waals surface area contributed by atoms with Gasteiger partial charge in [0.1, 0.15) is 5.58 Å². The molecule has 0 saturated heterocycles. The number of rotatable bonds is 7. The fourth-order valence-corrected chi connectivity index (χ4v) is 4.20. The molecule has 1 aromatic heterocycles. The maximum atomic E-state index is 13.4. The average molecular weight is 422 g/mol. The van der Waals surface area contributed by atoms with Crippen molar-refractivity contribution in [2.45, 2.75) is 19.9 Å². The van der Waals surface area contributed by atoms with Gasteiger partial charge in [0.05, 0.1) is 48.1 Å². The molecule has 0 aliphatic carbocycles. The molecular weight excluding hydrogens is 398 g/mol. The van der Waals surface area contributed by atoms with Crippen LogP contribution in [0.1, 0.15) is 41.6 Å². The molecule has 0 radical (unpaired) electrons. The van der Waals surface area contributed by atoms with Gasteiger partial charge in [-0.25, -0.2) is 0 Å². The molecule has 0 bridgehead atoms. The number of hydrogen-bond donors (Lipinski definition) is 1. The van der Waals surface area contributed by atoms with Crippen LogP contribution in [0.5, 0.6) is 0 Å². The van der Waals surface area contributed by atoms with Crippen LogP contribution >= 0.6 is 0 Å². The van der Waals surface area contributed by atoms with Gasteiger partial charge < -0.3 is 14.2 Å². The molecule has 0 saturated carbocycles. The van der Waals surface area contributed by atoms with E-state index in [-0.39, 0.29) is 22.8 Å². The van der Waals surface area contributed by atoms with Crippen LogP contribution in [0, 0.1) is 10.1 Å². The molecule has 1 aliphatic heterocycles. The number of hydrogen-bond acceptors (Lipinski definition) is 5. The van der Waals surface area contributed by atoms with E-state index in [1.807, 2.05) is 0 Å². The molecule has 0 spiro atoms. The minimum Gasteiger partial charge on any atom is -0.450 e. The van der Waals surface area contributed by atoms with Crippen molar-refractivity contribution in [2.75, 3.05) is 26.2 Å². The Balaban J connectivity index is 1.85. The second-order valence-corrected chi connectivity index (χ2v) is 7.63. The second-order valence-electron chi connectivity index (χ2n) is 7.63. The lowest BCUT2D eigenvalue weighted by Gasteiger charge is -2.26. The lowest BCUT2D eigenvalue weighted by atomic mass is 9.98. The highest BCUT2D eigenvalue weighted by Gasteiger charge is 2.43. The zero-order valence-electron chi connectivity index (χ0n) is 17.5. The third-order valence-corrected chi connectivity index (χ3v) is 6.00. The van der Waals surface area contributed by atoms with Gasteiger partial charge in [0.2, 0.25) is 5.76 Å². The largest absolute Gasteiger partial charge is 0.450 e. The number of para-hydroxylation sites is 1. The van der Waals surface area contributed by atoms with Crippen molar-refractivity contribution in [3.05, 3.63) is 85.8 Å². The minimum absolute atomic E-state index is 0.0435. The highest BCUT2D eigenvalue weighted by atomic mass is 16.6. The first-order valence-corrected chi connectivity index (χ1v) is 10.4. The lowest BCUT2D eigenvalue weighted by Crippen LogP contribution is -3.12. The summed E-state index contributed by atoms with van der Waals surface area (Å²) < 4.78 is 5.89. The maximum Gasteiger partial charge on any atom is 0.291 e. The van der Waals surface area contributed by atoms with Crippen LogP contribution in [0.15, 0.2) is 57.7 Å². The summed E-state index contributed by atoms with van der Waals surface area (Å²) in [6.07, 6.45) is 0. The van der Waals surface area contributed by atoms with Gasteiger partial charge in [0, 0.05) is 12.1 Å². The Morgan fingerprint density at radius 1 is 1.06 bits per heavy atom. The Morgan fingerprint density at radius 2 is 1.74 bits per heavy atom. The number of amides is 1. The molecule has 1 aliphatic rings. The van der Waals surface area contributed by atoms with E-state index in [9.17, 15) is 19.7 Å². The molecule has 0 fully saturated rings. The van der Waals surface area contributed by atoms with Crippen LogP contribution in [0.2, 0.25) is 0 Å². The number of benzene rings is 2. The van der Waals surface area contributed by atoms with E-state index in [0.29, 0.717) is 28.6 Å². The number of nitrogens with one attached hydrogen (secondary N) is 1. The van der Waals surface area contributed by atoms with E-state index >= 15 is 0 Å². The normalized spacial score (nSPS) is 15.6. The van der Waals surface area contributed by atoms with Gasteiger partial charge in [-0.3, -0.25) is 19.7 Å². The van der Waals surface area contributed by atoms with Crippen LogP contribution in [-0.2, 0) is 0 Å². The van der Waals surface area contributed by atoms with Crippen LogP contribution in [0.3, 0.4) is 0 Å². The number of nitro benzene ring substituents is 1. The van der Waals surface area contributed by atoms with Crippen LogP contribution in [-0.4, -0.2) is 41.9 Å². The van der Waals surface area contributed by atoms with Gasteiger partial charge in [0.15, 0.2) is 5.43 Å². The summed E-state index contributed by atoms with van der Waals surface area (Å²) in [6, 6.07) is 12.2. The van der Waals surface area contributed by atoms with E-state index in [1.54, 1.807) is 41.3 Å². The molecule has 0 unspecified atom stereocenters. The molecular formula is C23H24N3O5+. The average Bonchev–Trinajstić information content (AvgIpc) is 3.06. The lowest BCUT2D eigenvalue weighted by molar-refractivity contribution is -0.895. The van der Waals surface area contributed by atoms with Crippen molar-refractivity contribution >= 4 is 22.6 Å².